The number of fused-ring (bicyclic) bond motifs is 1. The van der Waals surface area contributed by atoms with Crippen molar-refractivity contribution in [3.8, 4) is 0 Å². The summed E-state index contributed by atoms with van der Waals surface area (Å²) in [6, 6.07) is 21.6. The van der Waals surface area contributed by atoms with Gasteiger partial charge in [0.25, 0.3) is 0 Å². The van der Waals surface area contributed by atoms with Gasteiger partial charge < -0.3 is 15.2 Å². The van der Waals surface area contributed by atoms with Crippen molar-refractivity contribution < 1.29 is 14.2 Å². The van der Waals surface area contributed by atoms with Gasteiger partial charge in [-0.2, -0.15) is 0 Å². The molecule has 3 aromatic carbocycles. The van der Waals surface area contributed by atoms with Gasteiger partial charge >= 0.3 is 0 Å². The Hall–Kier alpha value is -2.27. The molecule has 3 aromatic rings. The fourth-order valence-electron chi connectivity index (χ4n) is 4.18. The normalized spacial score (nSPS) is 16.4. The highest BCUT2D eigenvalue weighted by atomic mass is 19.1. The Balaban J connectivity index is 1.29. The van der Waals surface area contributed by atoms with E-state index in [1.165, 1.54) is 22.4 Å². The Morgan fingerprint density at radius 3 is 2.55 bits per heavy atom. The zero-order chi connectivity index (χ0) is 21.8. The van der Waals surface area contributed by atoms with E-state index in [1.807, 2.05) is 6.07 Å². The molecule has 3 nitrogen and oxygen atoms in total. The number of aliphatic hydroxyl groups is 1. The van der Waals surface area contributed by atoms with E-state index in [0.717, 1.165) is 24.8 Å². The third-order valence-corrected chi connectivity index (χ3v) is 5.97. The zero-order valence-electron chi connectivity index (χ0n) is 18.4. The molecular formula is C27H32FNO2. The van der Waals surface area contributed by atoms with E-state index in [0.29, 0.717) is 12.5 Å². The second-order valence-electron chi connectivity index (χ2n) is 9.42. The molecule has 1 aliphatic carbocycles. The molecule has 0 aromatic heterocycles. The quantitative estimate of drug-likeness (QED) is 0.459. The summed E-state index contributed by atoms with van der Waals surface area (Å²) < 4.78 is 19.7. The SMILES string of the molecule is CC(C)(Cc1ccc2ccccc2c1)NCC(O)COC(c1cccc(F)c1)C1CC1. The number of benzene rings is 3. The minimum atomic E-state index is -0.620. The van der Waals surface area contributed by atoms with Gasteiger partial charge in [0.2, 0.25) is 0 Å². The first-order valence-electron chi connectivity index (χ1n) is 11.2. The highest BCUT2D eigenvalue weighted by Crippen LogP contribution is 2.43. The first-order valence-corrected chi connectivity index (χ1v) is 11.2. The molecular weight excluding hydrogens is 389 g/mol. The summed E-state index contributed by atoms with van der Waals surface area (Å²) in [6.07, 6.45) is 2.28. The maximum absolute atomic E-state index is 13.6. The van der Waals surface area contributed by atoms with E-state index >= 15 is 0 Å². The van der Waals surface area contributed by atoms with Crippen LogP contribution in [0.1, 0.15) is 43.9 Å². The summed E-state index contributed by atoms with van der Waals surface area (Å²) in [4.78, 5) is 0. The molecule has 2 atom stereocenters. The van der Waals surface area contributed by atoms with Crippen LogP contribution in [-0.2, 0) is 11.2 Å². The highest BCUT2D eigenvalue weighted by Gasteiger charge is 2.33. The van der Waals surface area contributed by atoms with E-state index in [-0.39, 0.29) is 24.1 Å². The van der Waals surface area contributed by atoms with Gasteiger partial charge in [0.05, 0.1) is 18.8 Å². The zero-order valence-corrected chi connectivity index (χ0v) is 18.4. The van der Waals surface area contributed by atoms with E-state index in [9.17, 15) is 9.50 Å². The molecule has 164 valence electrons. The van der Waals surface area contributed by atoms with Crippen molar-refractivity contribution in [3.05, 3.63) is 83.7 Å². The molecule has 0 radical (unpaired) electrons. The molecule has 0 bridgehead atoms. The Kier molecular flexibility index (Phi) is 6.71. The number of hydrogen-bond donors (Lipinski definition) is 2. The van der Waals surface area contributed by atoms with Crippen LogP contribution in [0, 0.1) is 11.7 Å². The summed E-state index contributed by atoms with van der Waals surface area (Å²) in [5, 5.41) is 16.5. The van der Waals surface area contributed by atoms with Crippen molar-refractivity contribution in [2.45, 2.75) is 50.9 Å². The van der Waals surface area contributed by atoms with Crippen molar-refractivity contribution in [1.29, 1.82) is 0 Å². The van der Waals surface area contributed by atoms with Crippen LogP contribution in [-0.4, -0.2) is 29.9 Å². The molecule has 0 amide bonds. The van der Waals surface area contributed by atoms with Crippen molar-refractivity contribution in [1.82, 2.24) is 5.32 Å². The maximum Gasteiger partial charge on any atom is 0.123 e. The first-order chi connectivity index (χ1) is 14.9. The Bertz CT molecular complexity index is 1010. The summed E-state index contributed by atoms with van der Waals surface area (Å²) in [7, 11) is 0. The van der Waals surface area contributed by atoms with Crippen molar-refractivity contribution in [2.24, 2.45) is 5.92 Å². The number of hydrogen-bond acceptors (Lipinski definition) is 3. The maximum atomic E-state index is 13.6. The molecule has 1 aliphatic rings. The van der Waals surface area contributed by atoms with E-state index in [4.69, 9.17) is 4.74 Å². The molecule has 0 spiro atoms. The largest absolute Gasteiger partial charge is 0.389 e. The molecule has 4 rings (SSSR count). The highest BCUT2D eigenvalue weighted by molar-refractivity contribution is 5.83. The van der Waals surface area contributed by atoms with E-state index in [2.05, 4.69) is 61.6 Å². The minimum Gasteiger partial charge on any atom is -0.389 e. The average Bonchev–Trinajstić information content (AvgIpc) is 3.57. The summed E-state index contributed by atoms with van der Waals surface area (Å²) in [6.45, 7) is 4.98. The predicted octanol–water partition coefficient (Wildman–Crippen LogP) is 5.42. The fraction of sp³-hybridized carbons (Fsp3) is 0.407. The second kappa shape index (κ2) is 9.47. The second-order valence-corrected chi connectivity index (χ2v) is 9.42. The smallest absolute Gasteiger partial charge is 0.123 e. The minimum absolute atomic E-state index is 0.143. The number of ether oxygens (including phenoxy) is 1. The van der Waals surface area contributed by atoms with Gasteiger partial charge in [-0.25, -0.2) is 4.39 Å². The summed E-state index contributed by atoms with van der Waals surface area (Å²) >= 11 is 0. The van der Waals surface area contributed by atoms with Gasteiger partial charge in [-0.1, -0.05) is 54.6 Å². The van der Waals surface area contributed by atoms with Crippen molar-refractivity contribution in [2.75, 3.05) is 13.2 Å². The Morgan fingerprint density at radius 1 is 1.03 bits per heavy atom. The van der Waals surface area contributed by atoms with Gasteiger partial charge in [-0.15, -0.1) is 0 Å². The third kappa shape index (κ3) is 6.13. The lowest BCUT2D eigenvalue weighted by Crippen LogP contribution is -2.46. The predicted molar refractivity (Wildman–Crippen MR) is 124 cm³/mol. The number of nitrogens with one attached hydrogen (secondary N) is 1. The van der Waals surface area contributed by atoms with Crippen LogP contribution in [0.2, 0.25) is 0 Å². The molecule has 1 saturated carbocycles. The number of rotatable bonds is 10. The first kappa shape index (κ1) is 21.9. The van der Waals surface area contributed by atoms with Crippen LogP contribution in [0.5, 0.6) is 0 Å². The number of β-amino-alcohol motifs (C(OH)–C–C–N with tert-alkyl or cyclic N) is 1. The fourth-order valence-corrected chi connectivity index (χ4v) is 4.18. The topological polar surface area (TPSA) is 41.5 Å². The molecule has 2 unspecified atom stereocenters. The summed E-state index contributed by atoms with van der Waals surface area (Å²) in [5.74, 6) is 0.177. The molecule has 1 fully saturated rings. The van der Waals surface area contributed by atoms with Crippen LogP contribution in [0.4, 0.5) is 4.39 Å². The lowest BCUT2D eigenvalue weighted by molar-refractivity contribution is -0.0212. The van der Waals surface area contributed by atoms with Crippen LogP contribution < -0.4 is 5.32 Å². The summed E-state index contributed by atoms with van der Waals surface area (Å²) in [5.41, 5.74) is 1.96. The number of aliphatic hydroxyl groups excluding tert-OH is 1. The van der Waals surface area contributed by atoms with Gasteiger partial charge in [0, 0.05) is 12.1 Å². The van der Waals surface area contributed by atoms with Gasteiger partial charge in [-0.3, -0.25) is 0 Å². The Morgan fingerprint density at radius 2 is 1.81 bits per heavy atom. The number of halogens is 1. The molecule has 4 heteroatoms. The van der Waals surface area contributed by atoms with Crippen LogP contribution >= 0.6 is 0 Å². The average molecular weight is 422 g/mol. The van der Waals surface area contributed by atoms with Gasteiger partial charge in [-0.05, 0) is 73.1 Å². The van der Waals surface area contributed by atoms with E-state index < -0.39 is 6.10 Å². The van der Waals surface area contributed by atoms with Gasteiger partial charge in [0.15, 0.2) is 0 Å². The van der Waals surface area contributed by atoms with Crippen LogP contribution in [0.15, 0.2) is 66.7 Å². The Labute approximate surface area is 184 Å². The third-order valence-electron chi connectivity index (χ3n) is 5.97. The van der Waals surface area contributed by atoms with E-state index in [1.54, 1.807) is 12.1 Å². The van der Waals surface area contributed by atoms with Crippen molar-refractivity contribution in [3.63, 3.8) is 0 Å². The van der Waals surface area contributed by atoms with Crippen LogP contribution in [0.3, 0.4) is 0 Å². The molecule has 0 heterocycles. The van der Waals surface area contributed by atoms with Crippen LogP contribution in [0.25, 0.3) is 10.8 Å². The lowest BCUT2D eigenvalue weighted by Gasteiger charge is -2.29. The van der Waals surface area contributed by atoms with Gasteiger partial charge in [0.1, 0.15) is 5.82 Å². The van der Waals surface area contributed by atoms with Crippen molar-refractivity contribution >= 4 is 10.8 Å². The molecule has 0 saturated heterocycles. The molecule has 0 aliphatic heterocycles. The standard InChI is InChI=1S/C27H32FNO2/c1-27(2,16-19-10-11-20-6-3-4-7-22(20)14-19)29-17-25(30)18-31-26(21-12-13-21)23-8-5-9-24(28)15-23/h3-11,14-15,21,25-26,29-30H,12-13,16-18H2,1-2H3. The molecule has 2 N–H and O–H groups in total. The molecule has 31 heavy (non-hydrogen) atoms. The lowest BCUT2D eigenvalue weighted by atomic mass is 9.93. The monoisotopic (exact) mass is 421 g/mol.